The summed E-state index contributed by atoms with van der Waals surface area (Å²) in [6, 6.07) is -0.494. The van der Waals surface area contributed by atoms with E-state index in [9.17, 15) is 14.7 Å². The molecule has 2 rings (SSSR count). The minimum Gasteiger partial charge on any atom is -0.480 e. The van der Waals surface area contributed by atoms with E-state index in [2.05, 4.69) is 13.8 Å². The van der Waals surface area contributed by atoms with E-state index in [1.807, 2.05) is 9.80 Å². The average Bonchev–Trinajstić information content (AvgIpc) is 2.41. The van der Waals surface area contributed by atoms with Gasteiger partial charge in [0.1, 0.15) is 6.04 Å². The van der Waals surface area contributed by atoms with Crippen LogP contribution in [0.25, 0.3) is 0 Å². The van der Waals surface area contributed by atoms with E-state index in [1.54, 1.807) is 0 Å². The third-order valence-corrected chi connectivity index (χ3v) is 4.74. The highest BCUT2D eigenvalue weighted by Gasteiger charge is 2.33. The number of likely N-dealkylation sites (tertiary alicyclic amines) is 2. The van der Waals surface area contributed by atoms with E-state index in [0.717, 1.165) is 32.4 Å². The topological polar surface area (TPSA) is 60.9 Å². The molecule has 1 amide bonds. The lowest BCUT2D eigenvalue weighted by Gasteiger charge is -2.37. The maximum absolute atomic E-state index is 12.3. The van der Waals surface area contributed by atoms with Gasteiger partial charge in [-0.25, -0.2) is 0 Å². The Balaban J connectivity index is 1.90. The number of carboxylic acid groups (broad SMARTS) is 1. The standard InChI is InChI=1S/C15H26N2O3/c1-11-3-6-16(7-4-11)14(18)10-17-8-5-12(2)9-13(17)15(19)20/h11-13H,3-10H2,1-2H3,(H,19,20). The summed E-state index contributed by atoms with van der Waals surface area (Å²) in [4.78, 5) is 27.4. The van der Waals surface area contributed by atoms with E-state index < -0.39 is 12.0 Å². The zero-order chi connectivity index (χ0) is 14.7. The van der Waals surface area contributed by atoms with Crippen LogP contribution in [0.15, 0.2) is 0 Å². The molecule has 0 bridgehead atoms. The third kappa shape index (κ3) is 3.72. The van der Waals surface area contributed by atoms with Crippen molar-refractivity contribution in [2.45, 2.75) is 45.6 Å². The van der Waals surface area contributed by atoms with Crippen LogP contribution < -0.4 is 0 Å². The molecule has 0 aromatic carbocycles. The van der Waals surface area contributed by atoms with Crippen LogP contribution in [0.1, 0.15) is 39.5 Å². The van der Waals surface area contributed by atoms with Gasteiger partial charge >= 0.3 is 5.97 Å². The van der Waals surface area contributed by atoms with Crippen LogP contribution in [0.4, 0.5) is 0 Å². The maximum atomic E-state index is 12.3. The summed E-state index contributed by atoms with van der Waals surface area (Å²) in [6.07, 6.45) is 3.75. The Morgan fingerprint density at radius 2 is 1.65 bits per heavy atom. The fourth-order valence-corrected chi connectivity index (χ4v) is 3.17. The Hall–Kier alpha value is -1.10. The zero-order valence-electron chi connectivity index (χ0n) is 12.5. The Morgan fingerprint density at radius 3 is 2.25 bits per heavy atom. The van der Waals surface area contributed by atoms with E-state index in [1.165, 1.54) is 0 Å². The molecule has 0 aromatic heterocycles. The van der Waals surface area contributed by atoms with Gasteiger partial charge < -0.3 is 10.0 Å². The molecular formula is C15H26N2O3. The second-order valence-corrected chi connectivity index (χ2v) is 6.52. The van der Waals surface area contributed by atoms with Crippen LogP contribution in [0.2, 0.25) is 0 Å². The Kier molecular flexibility index (Phi) is 5.02. The molecule has 1 N–H and O–H groups in total. The number of piperidine rings is 2. The van der Waals surface area contributed by atoms with Gasteiger partial charge in [0.15, 0.2) is 0 Å². The molecule has 0 radical (unpaired) electrons. The molecule has 0 spiro atoms. The lowest BCUT2D eigenvalue weighted by atomic mass is 9.92. The van der Waals surface area contributed by atoms with Crippen LogP contribution in [0.5, 0.6) is 0 Å². The van der Waals surface area contributed by atoms with Crippen molar-refractivity contribution in [3.05, 3.63) is 0 Å². The van der Waals surface area contributed by atoms with Gasteiger partial charge in [-0.3, -0.25) is 14.5 Å². The van der Waals surface area contributed by atoms with Gasteiger partial charge in [0.25, 0.3) is 0 Å². The van der Waals surface area contributed by atoms with Crippen LogP contribution in [0, 0.1) is 11.8 Å². The normalized spacial score (nSPS) is 29.4. The number of hydrogen-bond donors (Lipinski definition) is 1. The second kappa shape index (κ2) is 6.57. The van der Waals surface area contributed by atoms with Gasteiger partial charge in [0.2, 0.25) is 5.91 Å². The summed E-state index contributed by atoms with van der Waals surface area (Å²) in [5.74, 6) is 0.425. The van der Waals surface area contributed by atoms with Gasteiger partial charge in [-0.1, -0.05) is 13.8 Å². The van der Waals surface area contributed by atoms with E-state index in [-0.39, 0.29) is 12.5 Å². The first kappa shape index (κ1) is 15.3. The highest BCUT2D eigenvalue weighted by molar-refractivity contribution is 5.80. The first-order valence-corrected chi connectivity index (χ1v) is 7.72. The lowest BCUT2D eigenvalue weighted by molar-refractivity contribution is -0.147. The van der Waals surface area contributed by atoms with Crippen molar-refractivity contribution in [2.75, 3.05) is 26.2 Å². The molecule has 2 unspecified atom stereocenters. The molecule has 114 valence electrons. The monoisotopic (exact) mass is 282 g/mol. The first-order chi connectivity index (χ1) is 9.47. The van der Waals surface area contributed by atoms with Gasteiger partial charge in [-0.2, -0.15) is 0 Å². The minimum atomic E-state index is -0.795. The summed E-state index contributed by atoms with van der Waals surface area (Å²) >= 11 is 0. The van der Waals surface area contributed by atoms with E-state index >= 15 is 0 Å². The zero-order valence-corrected chi connectivity index (χ0v) is 12.5. The molecule has 2 aliphatic rings. The summed E-state index contributed by atoms with van der Waals surface area (Å²) in [5, 5.41) is 9.32. The van der Waals surface area contributed by atoms with Crippen molar-refractivity contribution >= 4 is 11.9 Å². The number of carbonyl (C=O) groups excluding carboxylic acids is 1. The van der Waals surface area contributed by atoms with E-state index in [4.69, 9.17) is 0 Å². The maximum Gasteiger partial charge on any atom is 0.320 e. The predicted octanol–water partition coefficient (Wildman–Crippen LogP) is 1.43. The SMILES string of the molecule is CC1CCN(C(=O)CN2CCC(C)CC2C(=O)O)CC1. The molecule has 20 heavy (non-hydrogen) atoms. The molecule has 2 saturated heterocycles. The summed E-state index contributed by atoms with van der Waals surface area (Å²) in [7, 11) is 0. The molecule has 2 heterocycles. The fraction of sp³-hybridized carbons (Fsp3) is 0.867. The lowest BCUT2D eigenvalue weighted by Crippen LogP contribution is -2.52. The Labute approximate surface area is 120 Å². The van der Waals surface area contributed by atoms with Crippen molar-refractivity contribution < 1.29 is 14.7 Å². The molecule has 2 fully saturated rings. The summed E-state index contributed by atoms with van der Waals surface area (Å²) in [5.41, 5.74) is 0. The number of rotatable bonds is 3. The average molecular weight is 282 g/mol. The third-order valence-electron chi connectivity index (χ3n) is 4.74. The van der Waals surface area contributed by atoms with Crippen LogP contribution in [-0.2, 0) is 9.59 Å². The van der Waals surface area contributed by atoms with Crippen molar-refractivity contribution in [3.63, 3.8) is 0 Å². The van der Waals surface area contributed by atoms with Crippen molar-refractivity contribution in [1.29, 1.82) is 0 Å². The number of hydrogen-bond acceptors (Lipinski definition) is 3. The number of nitrogens with zero attached hydrogens (tertiary/aromatic N) is 2. The van der Waals surface area contributed by atoms with Crippen LogP contribution in [-0.4, -0.2) is 59.0 Å². The Bertz CT molecular complexity index is 364. The van der Waals surface area contributed by atoms with Crippen molar-refractivity contribution in [3.8, 4) is 0 Å². The number of amides is 1. The molecule has 0 saturated carbocycles. The van der Waals surface area contributed by atoms with Crippen LogP contribution in [0.3, 0.4) is 0 Å². The predicted molar refractivity (Wildman–Crippen MR) is 76.4 cm³/mol. The minimum absolute atomic E-state index is 0.0951. The smallest absolute Gasteiger partial charge is 0.320 e. The number of carbonyl (C=O) groups is 2. The number of aliphatic carboxylic acids is 1. The molecule has 5 nitrogen and oxygen atoms in total. The molecule has 5 heteroatoms. The van der Waals surface area contributed by atoms with Crippen molar-refractivity contribution in [1.82, 2.24) is 9.80 Å². The van der Waals surface area contributed by atoms with Gasteiger partial charge in [0.05, 0.1) is 6.54 Å². The van der Waals surface area contributed by atoms with Gasteiger partial charge in [-0.05, 0) is 44.1 Å². The molecule has 2 aliphatic heterocycles. The van der Waals surface area contributed by atoms with Gasteiger partial charge in [-0.15, -0.1) is 0 Å². The number of carboxylic acids is 1. The molecule has 2 atom stereocenters. The van der Waals surface area contributed by atoms with Crippen molar-refractivity contribution in [2.24, 2.45) is 11.8 Å². The molecule has 0 aliphatic carbocycles. The van der Waals surface area contributed by atoms with Crippen LogP contribution >= 0.6 is 0 Å². The largest absolute Gasteiger partial charge is 0.480 e. The first-order valence-electron chi connectivity index (χ1n) is 7.72. The van der Waals surface area contributed by atoms with E-state index in [0.29, 0.717) is 24.8 Å². The highest BCUT2D eigenvalue weighted by Crippen LogP contribution is 2.23. The highest BCUT2D eigenvalue weighted by atomic mass is 16.4. The quantitative estimate of drug-likeness (QED) is 0.850. The fourth-order valence-electron chi connectivity index (χ4n) is 3.17. The Morgan fingerprint density at radius 1 is 1.05 bits per heavy atom. The summed E-state index contributed by atoms with van der Waals surface area (Å²) in [6.45, 7) is 6.92. The molecule has 0 aromatic rings. The molecular weight excluding hydrogens is 256 g/mol. The van der Waals surface area contributed by atoms with Gasteiger partial charge in [0, 0.05) is 13.1 Å². The second-order valence-electron chi connectivity index (χ2n) is 6.52. The summed E-state index contributed by atoms with van der Waals surface area (Å²) < 4.78 is 0.